The summed E-state index contributed by atoms with van der Waals surface area (Å²) in [4.78, 5) is 57.0. The Kier molecular flexibility index (Phi) is 9.06. The second-order valence-electron chi connectivity index (χ2n) is 11.4. The number of ketones is 2. The number of rotatable bonds is 8. The number of benzene rings is 2. The minimum atomic E-state index is -5.50. The minimum absolute atomic E-state index is 0.0483. The Morgan fingerprint density at radius 3 is 1.95 bits per heavy atom. The third-order valence-electron chi connectivity index (χ3n) is 8.16. The second-order valence-corrected chi connectivity index (χ2v) is 11.4. The Labute approximate surface area is 243 Å². The molecule has 10 heteroatoms. The summed E-state index contributed by atoms with van der Waals surface area (Å²) >= 11 is 0. The average Bonchev–Trinajstić information content (AvgIpc) is 2.96. The van der Waals surface area contributed by atoms with E-state index in [0.29, 0.717) is 17.7 Å². The molecule has 0 aromatic heterocycles. The number of nitrogens with two attached hydrogens (primary N) is 1. The topological polar surface area (TPSA) is 101 Å². The van der Waals surface area contributed by atoms with Crippen molar-refractivity contribution in [3.63, 3.8) is 0 Å². The van der Waals surface area contributed by atoms with Crippen LogP contribution in [-0.4, -0.2) is 51.1 Å². The molecule has 1 heterocycles. The summed E-state index contributed by atoms with van der Waals surface area (Å²) in [7, 11) is 0. The van der Waals surface area contributed by atoms with Gasteiger partial charge < -0.3 is 10.6 Å². The molecular formula is C32H36F3N3O4. The SMILES string of the molecule is CC(=O)C(c1ccccc1)C(N)(C(=O)C(F)(F)F)N1C(=O)C(C(C)C)N(C(=O)C2CCCCC2)C=C1c1ccccc1. The molecule has 2 aromatic carbocycles. The highest BCUT2D eigenvalue weighted by Crippen LogP contribution is 2.44. The number of hydrogen-bond donors (Lipinski definition) is 1. The molecule has 0 saturated heterocycles. The summed E-state index contributed by atoms with van der Waals surface area (Å²) in [6.07, 6.45) is -0.171. The summed E-state index contributed by atoms with van der Waals surface area (Å²) in [6.45, 7) is 4.39. The summed E-state index contributed by atoms with van der Waals surface area (Å²) in [5, 5.41) is 0. The quantitative estimate of drug-likeness (QED) is 0.447. The van der Waals surface area contributed by atoms with E-state index in [1.54, 1.807) is 50.2 Å². The third-order valence-corrected chi connectivity index (χ3v) is 8.16. The third kappa shape index (κ3) is 5.77. The predicted molar refractivity (Wildman–Crippen MR) is 151 cm³/mol. The molecule has 3 atom stereocenters. The number of nitrogens with zero attached hydrogens (tertiary/aromatic N) is 2. The van der Waals surface area contributed by atoms with Crippen LogP contribution in [0, 0.1) is 11.8 Å². The Balaban J connectivity index is 2.03. The van der Waals surface area contributed by atoms with Gasteiger partial charge in [0.2, 0.25) is 5.91 Å². The first-order chi connectivity index (χ1) is 19.8. The van der Waals surface area contributed by atoms with Crippen molar-refractivity contribution < 1.29 is 32.3 Å². The first-order valence-electron chi connectivity index (χ1n) is 14.2. The molecule has 1 aliphatic heterocycles. The van der Waals surface area contributed by atoms with Crippen LogP contribution in [0.5, 0.6) is 0 Å². The van der Waals surface area contributed by atoms with Gasteiger partial charge >= 0.3 is 6.18 Å². The van der Waals surface area contributed by atoms with Gasteiger partial charge in [0.05, 0.1) is 11.6 Å². The molecule has 2 N–H and O–H groups in total. The molecule has 1 fully saturated rings. The largest absolute Gasteiger partial charge is 0.454 e. The van der Waals surface area contributed by atoms with Gasteiger partial charge in [0.25, 0.3) is 11.7 Å². The summed E-state index contributed by atoms with van der Waals surface area (Å²) < 4.78 is 43.3. The van der Waals surface area contributed by atoms with Crippen molar-refractivity contribution in [2.75, 3.05) is 0 Å². The van der Waals surface area contributed by atoms with E-state index < -0.39 is 47.2 Å². The van der Waals surface area contributed by atoms with Crippen LogP contribution >= 0.6 is 0 Å². The molecule has 0 bridgehead atoms. The molecule has 2 aliphatic rings. The van der Waals surface area contributed by atoms with Crippen molar-refractivity contribution in [2.24, 2.45) is 17.6 Å². The molecule has 3 unspecified atom stereocenters. The van der Waals surface area contributed by atoms with Crippen molar-refractivity contribution in [3.05, 3.63) is 78.0 Å². The van der Waals surface area contributed by atoms with Crippen LogP contribution in [0.25, 0.3) is 5.70 Å². The Morgan fingerprint density at radius 2 is 1.45 bits per heavy atom. The first-order valence-corrected chi connectivity index (χ1v) is 14.2. The molecule has 224 valence electrons. The molecule has 0 spiro atoms. The molecule has 2 aromatic rings. The fourth-order valence-electron chi connectivity index (χ4n) is 6.23. The van der Waals surface area contributed by atoms with E-state index in [0.717, 1.165) is 26.2 Å². The first kappa shape index (κ1) is 31.2. The lowest BCUT2D eigenvalue weighted by Crippen LogP contribution is -2.73. The van der Waals surface area contributed by atoms with Crippen LogP contribution in [0.4, 0.5) is 13.2 Å². The number of amides is 2. The van der Waals surface area contributed by atoms with Crippen molar-refractivity contribution >= 4 is 29.1 Å². The summed E-state index contributed by atoms with van der Waals surface area (Å²) in [5.41, 5.74) is 3.54. The maximum absolute atomic E-state index is 14.6. The second kappa shape index (κ2) is 12.2. The summed E-state index contributed by atoms with van der Waals surface area (Å²) in [6, 6.07) is 14.2. The van der Waals surface area contributed by atoms with E-state index in [1.165, 1.54) is 35.4 Å². The number of carbonyl (C=O) groups excluding carboxylic acids is 4. The van der Waals surface area contributed by atoms with Gasteiger partial charge in [-0.1, -0.05) is 93.8 Å². The van der Waals surface area contributed by atoms with Gasteiger partial charge in [-0.25, -0.2) is 0 Å². The molecule has 1 saturated carbocycles. The highest BCUT2D eigenvalue weighted by Gasteiger charge is 2.63. The van der Waals surface area contributed by atoms with E-state index in [2.05, 4.69) is 0 Å². The fraction of sp³-hybridized carbons (Fsp3) is 0.438. The Bertz CT molecular complexity index is 1350. The molecule has 0 radical (unpaired) electrons. The normalized spacial score (nSPS) is 20.6. The maximum atomic E-state index is 14.6. The number of carbonyl (C=O) groups is 4. The van der Waals surface area contributed by atoms with Gasteiger partial charge in [-0.3, -0.25) is 24.1 Å². The number of halogens is 3. The van der Waals surface area contributed by atoms with Gasteiger partial charge in [-0.15, -0.1) is 0 Å². The predicted octanol–water partition coefficient (Wildman–Crippen LogP) is 5.42. The zero-order valence-electron chi connectivity index (χ0n) is 23.9. The van der Waals surface area contributed by atoms with E-state index in [9.17, 15) is 32.3 Å². The molecule has 4 rings (SSSR count). The lowest BCUT2D eigenvalue weighted by molar-refractivity contribution is -0.186. The van der Waals surface area contributed by atoms with Gasteiger partial charge in [0.1, 0.15) is 11.8 Å². The lowest BCUT2D eigenvalue weighted by Gasteiger charge is -2.50. The number of hydrogen-bond acceptors (Lipinski definition) is 5. The zero-order chi connectivity index (χ0) is 30.8. The van der Waals surface area contributed by atoms with Crippen LogP contribution in [0.15, 0.2) is 66.9 Å². The number of alkyl halides is 3. The van der Waals surface area contributed by atoms with Gasteiger partial charge in [-0.2, -0.15) is 13.2 Å². The smallest absolute Gasteiger partial charge is 0.304 e. The van der Waals surface area contributed by atoms with Gasteiger partial charge in [0.15, 0.2) is 5.66 Å². The standard InChI is InChI=1S/C32H36F3N3O4/c1-20(2)27-29(41)38(31(36,30(42)32(33,34)35)26(21(3)39)23-15-9-5-10-16-23)25(22-13-7-4-8-14-22)19-37(27)28(40)24-17-11-6-12-18-24/h4-5,7-10,13-16,19-20,24,26-27H,6,11-12,17-18,36H2,1-3H3. The molecule has 7 nitrogen and oxygen atoms in total. The molecular weight excluding hydrogens is 547 g/mol. The molecule has 2 amide bonds. The van der Waals surface area contributed by atoms with E-state index in [-0.39, 0.29) is 28.6 Å². The monoisotopic (exact) mass is 583 g/mol. The van der Waals surface area contributed by atoms with Crippen LogP contribution in [0.2, 0.25) is 0 Å². The minimum Gasteiger partial charge on any atom is -0.304 e. The van der Waals surface area contributed by atoms with Crippen LogP contribution in [-0.2, 0) is 19.2 Å². The van der Waals surface area contributed by atoms with Crippen molar-refractivity contribution in [2.45, 2.75) is 76.7 Å². The maximum Gasteiger partial charge on any atom is 0.454 e. The Hall–Kier alpha value is -3.79. The highest BCUT2D eigenvalue weighted by molar-refractivity contribution is 6.07. The number of Topliss-reactive ketones (excluding diaryl/α,β-unsaturated/α-hetero) is 2. The van der Waals surface area contributed by atoms with E-state index in [4.69, 9.17) is 5.73 Å². The van der Waals surface area contributed by atoms with E-state index >= 15 is 0 Å². The molecule has 42 heavy (non-hydrogen) atoms. The van der Waals surface area contributed by atoms with Crippen LogP contribution in [0.3, 0.4) is 0 Å². The van der Waals surface area contributed by atoms with E-state index in [1.807, 2.05) is 0 Å². The fourth-order valence-corrected chi connectivity index (χ4v) is 6.23. The van der Waals surface area contributed by atoms with Crippen LogP contribution < -0.4 is 5.73 Å². The van der Waals surface area contributed by atoms with Gasteiger partial charge in [-0.05, 0) is 36.8 Å². The van der Waals surface area contributed by atoms with Crippen molar-refractivity contribution in [3.8, 4) is 0 Å². The van der Waals surface area contributed by atoms with Crippen molar-refractivity contribution in [1.29, 1.82) is 0 Å². The molecule has 1 aliphatic carbocycles. The Morgan fingerprint density at radius 1 is 0.905 bits per heavy atom. The van der Waals surface area contributed by atoms with Crippen molar-refractivity contribution in [1.82, 2.24) is 9.80 Å². The summed E-state index contributed by atoms with van der Waals surface area (Å²) in [5.74, 6) is -7.30. The average molecular weight is 584 g/mol. The van der Waals surface area contributed by atoms with Crippen LogP contribution in [0.1, 0.15) is 69.9 Å². The lowest BCUT2D eigenvalue weighted by atomic mass is 9.77. The van der Waals surface area contributed by atoms with Gasteiger partial charge in [0, 0.05) is 12.1 Å². The highest BCUT2D eigenvalue weighted by atomic mass is 19.4. The zero-order valence-corrected chi connectivity index (χ0v) is 23.9.